The zero-order valence-corrected chi connectivity index (χ0v) is 12.8. The average molecular weight is 322 g/mol. The molecule has 1 saturated carbocycles. The van der Waals surface area contributed by atoms with Crippen LogP contribution in [0.3, 0.4) is 0 Å². The summed E-state index contributed by atoms with van der Waals surface area (Å²) in [4.78, 5) is 11.8. The number of rotatable bonds is 5. The van der Waals surface area contributed by atoms with Crippen LogP contribution >= 0.6 is 22.0 Å². The van der Waals surface area contributed by atoms with Crippen molar-refractivity contribution in [3.05, 3.63) is 17.0 Å². The van der Waals surface area contributed by atoms with Gasteiger partial charge in [0.1, 0.15) is 4.21 Å². The number of thiophene rings is 1. The fraction of sp³-hybridized carbons (Fsp3) is 0.583. The van der Waals surface area contributed by atoms with Gasteiger partial charge in [0.2, 0.25) is 0 Å². The Labute approximate surface area is 121 Å². The lowest BCUT2D eigenvalue weighted by molar-refractivity contribution is 0.0952. The number of carbonyl (C=O) groups excluding carboxylic acids is 1. The van der Waals surface area contributed by atoms with Crippen LogP contribution in [0, 0.1) is 5.92 Å². The highest BCUT2D eigenvalue weighted by Gasteiger charge is 2.17. The first kappa shape index (κ1) is 14.8. The normalized spacial score (nSPS) is 16.7. The smallest absolute Gasteiger partial charge is 0.270 e. The molecule has 1 aromatic rings. The number of halogens is 1. The molecule has 0 unspecified atom stereocenters. The standard InChI is InChI=1S/C12H16ClNO3S2/c13-19(16,17)11-7-10(8-18-11)12(15)14-6-5-9-3-1-2-4-9/h7-9H,1-6H2,(H,14,15). The summed E-state index contributed by atoms with van der Waals surface area (Å²) in [7, 11) is 1.48. The van der Waals surface area contributed by atoms with Crippen LogP contribution in [0.25, 0.3) is 0 Å². The van der Waals surface area contributed by atoms with E-state index in [0.29, 0.717) is 12.1 Å². The molecule has 106 valence electrons. The maximum atomic E-state index is 11.8. The molecule has 0 aromatic carbocycles. The molecular weight excluding hydrogens is 306 g/mol. The lowest BCUT2D eigenvalue weighted by Crippen LogP contribution is -2.25. The van der Waals surface area contributed by atoms with Crippen molar-refractivity contribution in [2.75, 3.05) is 6.54 Å². The minimum absolute atomic E-state index is 0.00936. The van der Waals surface area contributed by atoms with E-state index in [0.717, 1.165) is 23.7 Å². The Morgan fingerprint density at radius 1 is 1.42 bits per heavy atom. The van der Waals surface area contributed by atoms with E-state index < -0.39 is 9.05 Å². The van der Waals surface area contributed by atoms with Gasteiger partial charge in [-0.05, 0) is 18.4 Å². The van der Waals surface area contributed by atoms with Gasteiger partial charge in [0, 0.05) is 22.6 Å². The highest BCUT2D eigenvalue weighted by atomic mass is 35.7. The van der Waals surface area contributed by atoms with Gasteiger partial charge in [0.05, 0.1) is 5.56 Å². The van der Waals surface area contributed by atoms with E-state index in [-0.39, 0.29) is 10.1 Å². The van der Waals surface area contributed by atoms with Crippen LogP contribution in [0.4, 0.5) is 0 Å². The molecule has 0 saturated heterocycles. The van der Waals surface area contributed by atoms with Gasteiger partial charge in [-0.2, -0.15) is 0 Å². The first-order valence-electron chi connectivity index (χ1n) is 6.28. The van der Waals surface area contributed by atoms with Gasteiger partial charge in [0.25, 0.3) is 15.0 Å². The topological polar surface area (TPSA) is 63.2 Å². The molecule has 1 fully saturated rings. The lowest BCUT2D eigenvalue weighted by Gasteiger charge is -2.09. The Morgan fingerprint density at radius 3 is 2.68 bits per heavy atom. The van der Waals surface area contributed by atoms with E-state index in [9.17, 15) is 13.2 Å². The Bertz CT molecular complexity index is 547. The van der Waals surface area contributed by atoms with Crippen molar-refractivity contribution in [2.45, 2.75) is 36.3 Å². The van der Waals surface area contributed by atoms with Crippen LogP contribution in [0.2, 0.25) is 0 Å². The van der Waals surface area contributed by atoms with Gasteiger partial charge >= 0.3 is 0 Å². The molecule has 0 spiro atoms. The molecule has 2 rings (SSSR count). The lowest BCUT2D eigenvalue weighted by atomic mass is 10.0. The maximum Gasteiger partial charge on any atom is 0.270 e. The van der Waals surface area contributed by atoms with E-state index in [1.807, 2.05) is 0 Å². The van der Waals surface area contributed by atoms with Crippen molar-refractivity contribution in [1.29, 1.82) is 0 Å². The fourth-order valence-corrected chi connectivity index (χ4v) is 4.30. The van der Waals surface area contributed by atoms with Gasteiger partial charge in [-0.25, -0.2) is 8.42 Å². The third kappa shape index (κ3) is 4.19. The molecule has 4 nitrogen and oxygen atoms in total. The molecule has 19 heavy (non-hydrogen) atoms. The monoisotopic (exact) mass is 321 g/mol. The number of hydrogen-bond donors (Lipinski definition) is 1. The molecule has 1 N–H and O–H groups in total. The second-order valence-electron chi connectivity index (χ2n) is 4.79. The molecule has 1 amide bonds. The first-order chi connectivity index (χ1) is 8.97. The molecule has 1 heterocycles. The van der Waals surface area contributed by atoms with E-state index in [2.05, 4.69) is 5.32 Å². The zero-order chi connectivity index (χ0) is 13.9. The third-order valence-electron chi connectivity index (χ3n) is 3.39. The summed E-state index contributed by atoms with van der Waals surface area (Å²) in [6.45, 7) is 0.641. The summed E-state index contributed by atoms with van der Waals surface area (Å²) in [6, 6.07) is 1.32. The number of amides is 1. The fourth-order valence-electron chi connectivity index (χ4n) is 2.35. The molecule has 0 aliphatic heterocycles. The van der Waals surface area contributed by atoms with Crippen molar-refractivity contribution in [2.24, 2.45) is 5.92 Å². The second kappa shape index (κ2) is 6.24. The minimum Gasteiger partial charge on any atom is -0.352 e. The van der Waals surface area contributed by atoms with Crippen molar-refractivity contribution < 1.29 is 13.2 Å². The molecule has 1 aromatic heterocycles. The molecule has 0 bridgehead atoms. The highest BCUT2D eigenvalue weighted by Crippen LogP contribution is 2.27. The van der Waals surface area contributed by atoms with Crippen molar-refractivity contribution in [1.82, 2.24) is 5.32 Å². The van der Waals surface area contributed by atoms with Gasteiger partial charge in [-0.3, -0.25) is 4.79 Å². The van der Waals surface area contributed by atoms with Crippen LogP contribution in [0.5, 0.6) is 0 Å². The van der Waals surface area contributed by atoms with Gasteiger partial charge in [-0.15, -0.1) is 11.3 Å². The van der Waals surface area contributed by atoms with E-state index >= 15 is 0 Å². The predicted molar refractivity (Wildman–Crippen MR) is 76.3 cm³/mol. The van der Waals surface area contributed by atoms with Crippen LogP contribution < -0.4 is 5.32 Å². The summed E-state index contributed by atoms with van der Waals surface area (Å²) in [5.41, 5.74) is 0.357. The summed E-state index contributed by atoms with van der Waals surface area (Å²) in [5, 5.41) is 4.33. The molecule has 1 aliphatic carbocycles. The summed E-state index contributed by atoms with van der Waals surface area (Å²) >= 11 is 0.963. The summed E-state index contributed by atoms with van der Waals surface area (Å²) in [6.07, 6.45) is 6.09. The number of carbonyl (C=O) groups is 1. The van der Waals surface area contributed by atoms with Gasteiger partial charge < -0.3 is 5.32 Å². The minimum atomic E-state index is -3.74. The second-order valence-corrected chi connectivity index (χ2v) is 8.49. The quantitative estimate of drug-likeness (QED) is 0.848. The molecule has 0 radical (unpaired) electrons. The van der Waals surface area contributed by atoms with Crippen LogP contribution in [-0.4, -0.2) is 20.9 Å². The summed E-state index contributed by atoms with van der Waals surface area (Å²) in [5.74, 6) is 0.488. The average Bonchev–Trinajstić information content (AvgIpc) is 2.99. The molecular formula is C12H16ClNO3S2. The molecule has 7 heteroatoms. The van der Waals surface area contributed by atoms with E-state index in [1.54, 1.807) is 0 Å². The van der Waals surface area contributed by atoms with Crippen LogP contribution in [0.1, 0.15) is 42.5 Å². The Balaban J connectivity index is 1.84. The highest BCUT2D eigenvalue weighted by molar-refractivity contribution is 8.15. The molecule has 0 atom stereocenters. The Morgan fingerprint density at radius 2 is 2.11 bits per heavy atom. The zero-order valence-electron chi connectivity index (χ0n) is 10.4. The number of nitrogens with one attached hydrogen (secondary N) is 1. The van der Waals surface area contributed by atoms with E-state index in [1.165, 1.54) is 37.1 Å². The van der Waals surface area contributed by atoms with Crippen molar-refractivity contribution in [3.63, 3.8) is 0 Å². The van der Waals surface area contributed by atoms with Crippen molar-refractivity contribution >= 4 is 37.0 Å². The SMILES string of the molecule is O=C(NCCC1CCCC1)c1csc(S(=O)(=O)Cl)c1. The third-order valence-corrected chi connectivity index (χ3v) is 6.43. The van der Waals surface area contributed by atoms with Gasteiger partial charge in [-0.1, -0.05) is 25.7 Å². The van der Waals surface area contributed by atoms with Crippen LogP contribution in [-0.2, 0) is 9.05 Å². The van der Waals surface area contributed by atoms with Crippen molar-refractivity contribution in [3.8, 4) is 0 Å². The summed E-state index contributed by atoms with van der Waals surface area (Å²) < 4.78 is 22.2. The van der Waals surface area contributed by atoms with E-state index in [4.69, 9.17) is 10.7 Å². The Hall–Kier alpha value is -0.590. The predicted octanol–water partition coefficient (Wildman–Crippen LogP) is 2.99. The first-order valence-corrected chi connectivity index (χ1v) is 9.47. The van der Waals surface area contributed by atoms with Gasteiger partial charge in [0.15, 0.2) is 0 Å². The Kier molecular flexibility index (Phi) is 4.86. The number of hydrogen-bond acceptors (Lipinski definition) is 4. The van der Waals surface area contributed by atoms with Crippen LogP contribution in [0.15, 0.2) is 15.7 Å². The molecule has 1 aliphatic rings. The maximum absolute atomic E-state index is 11.8. The largest absolute Gasteiger partial charge is 0.352 e.